The van der Waals surface area contributed by atoms with Gasteiger partial charge in [-0.2, -0.15) is 0 Å². The average molecular weight is 339 g/mol. The van der Waals surface area contributed by atoms with Crippen molar-refractivity contribution in [2.45, 2.75) is 43.6 Å². The van der Waals surface area contributed by atoms with E-state index in [2.05, 4.69) is 0 Å². The molecule has 2 aliphatic carbocycles. The van der Waals surface area contributed by atoms with Crippen molar-refractivity contribution in [2.75, 3.05) is 13.1 Å². The Balaban J connectivity index is 0.00000156. The van der Waals surface area contributed by atoms with Gasteiger partial charge in [0.05, 0.1) is 5.41 Å². The first-order chi connectivity index (χ1) is 10.6. The summed E-state index contributed by atoms with van der Waals surface area (Å²) >= 11 is 0. The maximum absolute atomic E-state index is 13.6. The van der Waals surface area contributed by atoms with Gasteiger partial charge in [-0.05, 0) is 55.2 Å². The molecule has 0 aromatic heterocycles. The second-order valence-electron chi connectivity index (χ2n) is 7.32. The molecule has 3 fully saturated rings. The monoisotopic (exact) mass is 338 g/mol. The lowest BCUT2D eigenvalue weighted by Crippen LogP contribution is -2.51. The largest absolute Gasteiger partial charge is 0.341 e. The summed E-state index contributed by atoms with van der Waals surface area (Å²) in [5, 5.41) is 0. The van der Waals surface area contributed by atoms with Crippen molar-refractivity contribution in [1.82, 2.24) is 4.90 Å². The highest BCUT2D eigenvalue weighted by Gasteiger charge is 2.51. The summed E-state index contributed by atoms with van der Waals surface area (Å²) in [6.07, 6.45) is 4.96. The zero-order chi connectivity index (χ0) is 15.3. The van der Waals surface area contributed by atoms with Gasteiger partial charge in [-0.25, -0.2) is 4.39 Å². The number of amides is 1. The molecule has 126 valence electrons. The van der Waals surface area contributed by atoms with E-state index in [1.807, 2.05) is 11.0 Å². The van der Waals surface area contributed by atoms with Gasteiger partial charge in [0.25, 0.3) is 0 Å². The Bertz CT molecular complexity index is 604. The summed E-state index contributed by atoms with van der Waals surface area (Å²) in [5.74, 6) is 0.986. The number of rotatable bonds is 2. The number of fused-ring (bicyclic) bond motifs is 1. The standard InChI is InChI=1S/C18H23FN2O.ClH/c19-14-4-1-3-13(9-14)18(7-2-8-18)17(22)21-10-12-5-6-16(20)15(12)11-21;/h1,3-4,9,12,15-16H,2,5-8,10-11,20H2;1H. The number of carbonyl (C=O) groups is 1. The highest BCUT2D eigenvalue weighted by Crippen LogP contribution is 2.47. The van der Waals surface area contributed by atoms with Crippen LogP contribution in [0.15, 0.2) is 24.3 Å². The van der Waals surface area contributed by atoms with Crippen molar-refractivity contribution >= 4 is 18.3 Å². The van der Waals surface area contributed by atoms with Gasteiger partial charge in [-0.15, -0.1) is 12.4 Å². The molecular formula is C18H24ClFN2O. The molecule has 0 bridgehead atoms. The van der Waals surface area contributed by atoms with E-state index in [0.717, 1.165) is 50.8 Å². The Kier molecular flexibility index (Phi) is 4.41. The minimum atomic E-state index is -0.481. The SMILES string of the molecule is Cl.NC1CCC2CN(C(=O)C3(c4cccc(F)c4)CCC3)CC12. The van der Waals surface area contributed by atoms with E-state index >= 15 is 0 Å². The van der Waals surface area contributed by atoms with Gasteiger partial charge >= 0.3 is 0 Å². The number of carbonyl (C=O) groups excluding carboxylic acids is 1. The van der Waals surface area contributed by atoms with Crippen molar-refractivity contribution in [1.29, 1.82) is 0 Å². The first-order valence-corrected chi connectivity index (χ1v) is 8.41. The fraction of sp³-hybridized carbons (Fsp3) is 0.611. The van der Waals surface area contributed by atoms with Crippen LogP contribution in [0, 0.1) is 17.7 Å². The van der Waals surface area contributed by atoms with Crippen LogP contribution >= 0.6 is 12.4 Å². The molecule has 1 aromatic carbocycles. The van der Waals surface area contributed by atoms with Crippen molar-refractivity contribution in [3.63, 3.8) is 0 Å². The van der Waals surface area contributed by atoms with E-state index in [0.29, 0.717) is 11.8 Å². The molecule has 23 heavy (non-hydrogen) atoms. The number of halogens is 2. The molecule has 0 spiro atoms. The third kappa shape index (κ3) is 2.56. The summed E-state index contributed by atoms with van der Waals surface area (Å²) in [6.45, 7) is 1.63. The van der Waals surface area contributed by atoms with E-state index in [1.54, 1.807) is 12.1 Å². The molecule has 1 amide bonds. The van der Waals surface area contributed by atoms with E-state index in [1.165, 1.54) is 6.07 Å². The Morgan fingerprint density at radius 3 is 2.65 bits per heavy atom. The van der Waals surface area contributed by atoms with Crippen LogP contribution in [-0.2, 0) is 10.2 Å². The van der Waals surface area contributed by atoms with Crippen LogP contribution in [-0.4, -0.2) is 29.9 Å². The third-order valence-corrected chi connectivity index (χ3v) is 6.19. The second-order valence-corrected chi connectivity index (χ2v) is 7.32. The van der Waals surface area contributed by atoms with Gasteiger partial charge in [-0.3, -0.25) is 4.79 Å². The number of nitrogens with two attached hydrogens (primary N) is 1. The van der Waals surface area contributed by atoms with E-state index in [4.69, 9.17) is 5.73 Å². The predicted octanol–water partition coefficient (Wildman–Crippen LogP) is 2.86. The summed E-state index contributed by atoms with van der Waals surface area (Å²) in [6, 6.07) is 6.85. The molecule has 3 aliphatic rings. The molecule has 3 unspecified atom stereocenters. The van der Waals surface area contributed by atoms with Gasteiger partial charge in [-0.1, -0.05) is 18.6 Å². The van der Waals surface area contributed by atoms with Crippen LogP contribution in [0.5, 0.6) is 0 Å². The zero-order valence-electron chi connectivity index (χ0n) is 13.2. The number of hydrogen-bond donors (Lipinski definition) is 1. The summed E-state index contributed by atoms with van der Waals surface area (Å²) in [4.78, 5) is 15.2. The first-order valence-electron chi connectivity index (χ1n) is 8.41. The molecule has 3 nitrogen and oxygen atoms in total. The average Bonchev–Trinajstić information content (AvgIpc) is 3.00. The fourth-order valence-electron chi connectivity index (χ4n) is 4.72. The summed E-state index contributed by atoms with van der Waals surface area (Å²) in [5.41, 5.74) is 6.55. The minimum Gasteiger partial charge on any atom is -0.341 e. The number of hydrogen-bond acceptors (Lipinski definition) is 2. The van der Waals surface area contributed by atoms with Crippen molar-refractivity contribution in [3.8, 4) is 0 Å². The van der Waals surface area contributed by atoms with Gasteiger partial charge in [0.15, 0.2) is 0 Å². The predicted molar refractivity (Wildman–Crippen MR) is 89.9 cm³/mol. The second kappa shape index (κ2) is 6.06. The van der Waals surface area contributed by atoms with Gasteiger partial charge in [0.1, 0.15) is 5.82 Å². The molecular weight excluding hydrogens is 315 g/mol. The van der Waals surface area contributed by atoms with Crippen LogP contribution in [0.25, 0.3) is 0 Å². The lowest BCUT2D eigenvalue weighted by molar-refractivity contribution is -0.140. The van der Waals surface area contributed by atoms with E-state index in [-0.39, 0.29) is 30.2 Å². The smallest absolute Gasteiger partial charge is 0.233 e. The topological polar surface area (TPSA) is 46.3 Å². The lowest BCUT2D eigenvalue weighted by Gasteiger charge is -2.43. The van der Waals surface area contributed by atoms with Gasteiger partial charge < -0.3 is 10.6 Å². The fourth-order valence-corrected chi connectivity index (χ4v) is 4.72. The molecule has 4 rings (SSSR count). The van der Waals surface area contributed by atoms with Gasteiger partial charge in [0.2, 0.25) is 5.91 Å². The maximum Gasteiger partial charge on any atom is 0.233 e. The molecule has 5 heteroatoms. The van der Waals surface area contributed by atoms with Crippen LogP contribution < -0.4 is 5.73 Å². The number of nitrogens with zero attached hydrogens (tertiary/aromatic N) is 1. The molecule has 1 heterocycles. The molecule has 2 saturated carbocycles. The first kappa shape index (κ1) is 16.7. The molecule has 1 aromatic rings. The lowest BCUT2D eigenvalue weighted by atomic mass is 9.63. The summed E-state index contributed by atoms with van der Waals surface area (Å²) in [7, 11) is 0. The maximum atomic E-state index is 13.6. The van der Waals surface area contributed by atoms with Gasteiger partial charge in [0, 0.05) is 19.1 Å². The molecule has 2 N–H and O–H groups in total. The highest BCUT2D eigenvalue weighted by molar-refractivity contribution is 5.89. The quantitative estimate of drug-likeness (QED) is 0.901. The normalized spacial score (nSPS) is 31.2. The highest BCUT2D eigenvalue weighted by atomic mass is 35.5. The van der Waals surface area contributed by atoms with Crippen LogP contribution in [0.4, 0.5) is 4.39 Å². The van der Waals surface area contributed by atoms with Crippen LogP contribution in [0.3, 0.4) is 0 Å². The Morgan fingerprint density at radius 1 is 1.26 bits per heavy atom. The zero-order valence-corrected chi connectivity index (χ0v) is 14.0. The number of benzene rings is 1. The van der Waals surface area contributed by atoms with E-state index < -0.39 is 5.41 Å². The van der Waals surface area contributed by atoms with E-state index in [9.17, 15) is 9.18 Å². The molecule has 1 saturated heterocycles. The minimum absolute atomic E-state index is 0. The molecule has 1 aliphatic heterocycles. The molecule has 3 atom stereocenters. The molecule has 0 radical (unpaired) electrons. The Hall–Kier alpha value is -1.13. The summed E-state index contributed by atoms with van der Waals surface area (Å²) < 4.78 is 13.6. The van der Waals surface area contributed by atoms with Crippen molar-refractivity contribution in [2.24, 2.45) is 17.6 Å². The van der Waals surface area contributed by atoms with Crippen LogP contribution in [0.2, 0.25) is 0 Å². The Morgan fingerprint density at radius 2 is 2.04 bits per heavy atom. The Labute approximate surface area is 142 Å². The third-order valence-electron chi connectivity index (χ3n) is 6.19. The van der Waals surface area contributed by atoms with Crippen LogP contribution in [0.1, 0.15) is 37.7 Å². The number of likely N-dealkylation sites (tertiary alicyclic amines) is 1. The van der Waals surface area contributed by atoms with Crippen molar-refractivity contribution < 1.29 is 9.18 Å². The van der Waals surface area contributed by atoms with Crippen molar-refractivity contribution in [3.05, 3.63) is 35.6 Å².